The maximum atomic E-state index is 14.5. The molecule has 0 spiro atoms. The van der Waals surface area contributed by atoms with Gasteiger partial charge in [0, 0.05) is 41.8 Å². The second-order valence-corrected chi connectivity index (χ2v) is 11.3. The summed E-state index contributed by atoms with van der Waals surface area (Å²) in [6, 6.07) is 11.2. The van der Waals surface area contributed by atoms with Gasteiger partial charge >= 0.3 is 0 Å². The maximum absolute atomic E-state index is 14.5. The summed E-state index contributed by atoms with van der Waals surface area (Å²) in [7, 11) is 2.93. The van der Waals surface area contributed by atoms with Crippen LogP contribution >= 0.6 is 0 Å². The summed E-state index contributed by atoms with van der Waals surface area (Å²) < 4.78 is 46.7. The zero-order valence-electron chi connectivity index (χ0n) is 26.9. The molecule has 6 rings (SSSR count). The van der Waals surface area contributed by atoms with Crippen molar-refractivity contribution in [2.24, 2.45) is 0 Å². The minimum atomic E-state index is -0.731. The number of aldehydes is 1. The largest absolute Gasteiger partial charge is 0.497 e. The lowest BCUT2D eigenvalue weighted by Crippen LogP contribution is -2.20. The SMILES string of the molecule is CCOC(c1ccc(OC)cc1F)c1c(C)n(C2CCC2)[nH]c1=O.COc1ccc(C=O)c(F)c1.Cc1cc(=O)[nH]n1C1CCC1. The molecule has 2 heterocycles. The summed E-state index contributed by atoms with van der Waals surface area (Å²) in [6.45, 7) is 6.07. The van der Waals surface area contributed by atoms with E-state index >= 15 is 0 Å². The number of aryl methyl sites for hydroxylation is 1. The van der Waals surface area contributed by atoms with Gasteiger partial charge in [-0.3, -0.25) is 33.9 Å². The number of hydrogen-bond acceptors (Lipinski definition) is 6. The zero-order chi connectivity index (χ0) is 33.4. The Kier molecular flexibility index (Phi) is 11.8. The van der Waals surface area contributed by atoms with Crippen LogP contribution in [0.4, 0.5) is 8.78 Å². The van der Waals surface area contributed by atoms with Crippen LogP contribution in [0.25, 0.3) is 0 Å². The van der Waals surface area contributed by atoms with E-state index in [0.717, 1.165) is 24.2 Å². The molecule has 4 aromatic rings. The normalized spacial score (nSPS) is 14.9. The molecule has 0 radical (unpaired) electrons. The van der Waals surface area contributed by atoms with Gasteiger partial charge in [0.1, 0.15) is 29.2 Å². The molecule has 2 aliphatic rings. The minimum absolute atomic E-state index is 0.0226. The Balaban J connectivity index is 0.000000180. The van der Waals surface area contributed by atoms with Crippen LogP contribution < -0.4 is 20.6 Å². The number of H-pyrrole nitrogens is 2. The van der Waals surface area contributed by atoms with Crippen molar-refractivity contribution in [3.63, 3.8) is 0 Å². The fourth-order valence-corrected chi connectivity index (χ4v) is 5.46. The molecule has 2 aliphatic carbocycles. The molecule has 0 bridgehead atoms. The Bertz CT molecular complexity index is 1730. The van der Waals surface area contributed by atoms with Gasteiger partial charge in [-0.15, -0.1) is 0 Å². The Hall–Kier alpha value is -4.45. The lowest BCUT2D eigenvalue weighted by Gasteiger charge is -2.28. The Morgan fingerprint density at radius 2 is 1.46 bits per heavy atom. The van der Waals surface area contributed by atoms with Crippen molar-refractivity contribution >= 4 is 6.29 Å². The Morgan fingerprint density at radius 3 is 1.91 bits per heavy atom. The minimum Gasteiger partial charge on any atom is -0.497 e. The highest BCUT2D eigenvalue weighted by Gasteiger charge is 2.29. The molecule has 12 heteroatoms. The fourth-order valence-electron chi connectivity index (χ4n) is 5.46. The number of nitrogens with zero attached hydrogens (tertiary/aromatic N) is 2. The van der Waals surface area contributed by atoms with Crippen molar-refractivity contribution in [2.75, 3.05) is 20.8 Å². The Morgan fingerprint density at radius 1 is 0.870 bits per heavy atom. The van der Waals surface area contributed by atoms with Crippen molar-refractivity contribution < 1.29 is 27.8 Å². The van der Waals surface area contributed by atoms with Gasteiger partial charge in [0.2, 0.25) is 0 Å². The summed E-state index contributed by atoms with van der Waals surface area (Å²) in [6.07, 6.45) is 6.74. The van der Waals surface area contributed by atoms with Gasteiger partial charge in [-0.25, -0.2) is 8.78 Å². The number of aromatic nitrogens is 4. The van der Waals surface area contributed by atoms with Crippen molar-refractivity contribution in [1.29, 1.82) is 0 Å². The lowest BCUT2D eigenvalue weighted by molar-refractivity contribution is 0.0873. The number of carbonyl (C=O) groups excluding carboxylic acids is 1. The van der Waals surface area contributed by atoms with E-state index in [0.29, 0.717) is 47.6 Å². The van der Waals surface area contributed by atoms with Gasteiger partial charge in [0.05, 0.1) is 37.4 Å². The number of aromatic amines is 2. The smallest absolute Gasteiger partial charge is 0.270 e. The van der Waals surface area contributed by atoms with E-state index in [2.05, 4.69) is 10.2 Å². The average molecular weight is 641 g/mol. The molecule has 2 aromatic carbocycles. The number of ether oxygens (including phenoxy) is 3. The van der Waals surface area contributed by atoms with Crippen LogP contribution in [-0.2, 0) is 4.74 Å². The van der Waals surface area contributed by atoms with Crippen LogP contribution in [0.1, 0.15) is 96.5 Å². The summed E-state index contributed by atoms with van der Waals surface area (Å²) >= 11 is 0. The summed E-state index contributed by atoms with van der Waals surface area (Å²) in [5.41, 5.74) is 2.55. The highest BCUT2D eigenvalue weighted by molar-refractivity contribution is 5.75. The molecule has 46 heavy (non-hydrogen) atoms. The second-order valence-electron chi connectivity index (χ2n) is 11.3. The molecule has 2 N–H and O–H groups in total. The molecular formula is C34H42F2N4O6. The third-order valence-corrected chi connectivity index (χ3v) is 8.47. The number of rotatable bonds is 9. The number of methoxy groups -OCH3 is 2. The third kappa shape index (κ3) is 7.85. The number of halogens is 2. The van der Waals surface area contributed by atoms with Gasteiger partial charge in [0.25, 0.3) is 11.1 Å². The molecule has 2 fully saturated rings. The lowest BCUT2D eigenvalue weighted by atomic mass is 9.93. The number of nitrogens with one attached hydrogen (secondary N) is 2. The number of carbonyl (C=O) groups is 1. The van der Waals surface area contributed by atoms with Crippen LogP contribution in [0.2, 0.25) is 0 Å². The Labute approximate surface area is 266 Å². The first-order valence-electron chi connectivity index (χ1n) is 15.4. The van der Waals surface area contributed by atoms with E-state index in [1.165, 1.54) is 64.2 Å². The predicted octanol–water partition coefficient (Wildman–Crippen LogP) is 6.34. The van der Waals surface area contributed by atoms with Crippen molar-refractivity contribution in [1.82, 2.24) is 19.6 Å². The van der Waals surface area contributed by atoms with E-state index in [-0.39, 0.29) is 16.7 Å². The second kappa shape index (κ2) is 15.7. The third-order valence-electron chi connectivity index (χ3n) is 8.47. The molecule has 0 saturated heterocycles. The molecule has 2 aromatic heterocycles. The van der Waals surface area contributed by atoms with Crippen LogP contribution in [0, 0.1) is 25.5 Å². The van der Waals surface area contributed by atoms with E-state index in [4.69, 9.17) is 14.2 Å². The quantitative estimate of drug-likeness (QED) is 0.206. The molecular weight excluding hydrogens is 598 g/mol. The predicted molar refractivity (Wildman–Crippen MR) is 170 cm³/mol. The van der Waals surface area contributed by atoms with Crippen LogP contribution in [0.5, 0.6) is 11.5 Å². The van der Waals surface area contributed by atoms with Crippen LogP contribution in [-0.4, -0.2) is 46.7 Å². The van der Waals surface area contributed by atoms with Gasteiger partial charge < -0.3 is 14.2 Å². The molecule has 0 aliphatic heterocycles. The topological polar surface area (TPSA) is 120 Å². The number of benzene rings is 2. The maximum Gasteiger partial charge on any atom is 0.270 e. The van der Waals surface area contributed by atoms with Gasteiger partial charge in [-0.05, 0) is 83.6 Å². The zero-order valence-corrected chi connectivity index (χ0v) is 26.9. The first kappa shape index (κ1) is 34.4. The van der Waals surface area contributed by atoms with Crippen molar-refractivity contribution in [3.8, 4) is 11.5 Å². The first-order valence-corrected chi connectivity index (χ1v) is 15.4. The van der Waals surface area contributed by atoms with Crippen molar-refractivity contribution in [3.05, 3.63) is 103 Å². The standard InChI is InChI=1S/C18H23FN2O3.C8H7FO2.C8H12N2O/c1-4-24-17(14-9-8-13(23-3)10-15(14)19)16-11(2)21(20-18(16)22)12-6-5-7-12;1-11-7-3-2-6(5-10)8(9)4-7;1-6-5-8(11)9-10(6)7-3-2-4-7/h8-10,12,17H,4-7H2,1-3H3,(H,20,22);2-5H,1H3;5,7H,2-4H2,1H3,(H,9,11). The molecule has 10 nitrogen and oxygen atoms in total. The summed E-state index contributed by atoms with van der Waals surface area (Å²) in [5.74, 6) is -0.153. The molecule has 2 saturated carbocycles. The van der Waals surface area contributed by atoms with Crippen LogP contribution in [0.3, 0.4) is 0 Å². The molecule has 1 unspecified atom stereocenters. The van der Waals surface area contributed by atoms with Crippen molar-refractivity contribution in [2.45, 2.75) is 77.5 Å². The average Bonchev–Trinajstić information content (AvgIpc) is 3.46. The molecule has 1 atom stereocenters. The van der Waals surface area contributed by atoms with Gasteiger partial charge in [0.15, 0.2) is 6.29 Å². The van der Waals surface area contributed by atoms with E-state index < -0.39 is 17.7 Å². The monoisotopic (exact) mass is 640 g/mol. The van der Waals surface area contributed by atoms with E-state index in [1.54, 1.807) is 18.2 Å². The fraction of sp³-hybridized carbons (Fsp3) is 0.441. The van der Waals surface area contributed by atoms with E-state index in [1.807, 2.05) is 30.1 Å². The first-order chi connectivity index (χ1) is 22.1. The molecule has 0 amide bonds. The summed E-state index contributed by atoms with van der Waals surface area (Å²) in [5, 5.41) is 5.71. The highest BCUT2D eigenvalue weighted by atomic mass is 19.1. The number of hydrogen-bond donors (Lipinski definition) is 2. The summed E-state index contributed by atoms with van der Waals surface area (Å²) in [4.78, 5) is 33.6. The van der Waals surface area contributed by atoms with E-state index in [9.17, 15) is 23.2 Å². The van der Waals surface area contributed by atoms with Gasteiger partial charge in [-0.2, -0.15) is 0 Å². The molecule has 248 valence electrons. The van der Waals surface area contributed by atoms with Gasteiger partial charge in [-0.1, -0.05) is 0 Å². The van der Waals surface area contributed by atoms with Crippen LogP contribution in [0.15, 0.2) is 52.1 Å². The highest BCUT2D eigenvalue weighted by Crippen LogP contribution is 2.35.